The highest BCUT2D eigenvalue weighted by Gasteiger charge is 2.17. The lowest BCUT2D eigenvalue weighted by Gasteiger charge is -2.14. The van der Waals surface area contributed by atoms with Gasteiger partial charge in [-0.2, -0.15) is 5.10 Å². The maximum atomic E-state index is 14.8. The van der Waals surface area contributed by atoms with Gasteiger partial charge in [-0.25, -0.2) is 13.8 Å². The molecule has 0 aliphatic heterocycles. The Labute approximate surface area is 212 Å². The molecule has 1 N–H and O–H groups in total. The molecule has 0 fully saturated rings. The standard InChI is InChI=1S/C24H16ClF2N5OS2/c1-32-11-14(9-30-32)16-6-20(15-4-2-3-5-18(15)26)28-10-22(16)33-21-8-19(27)23(7-17(21)25)35-31-24-12-34-13-29-24/h2-13,31H,1H3. The molecule has 0 amide bonds. The van der Waals surface area contributed by atoms with E-state index in [-0.39, 0.29) is 15.7 Å². The normalized spacial score (nSPS) is 11.0. The number of hydrogen-bond donors (Lipinski definition) is 1. The van der Waals surface area contributed by atoms with Crippen LogP contribution in [0.2, 0.25) is 5.02 Å². The van der Waals surface area contributed by atoms with Crippen LogP contribution in [0.25, 0.3) is 22.4 Å². The van der Waals surface area contributed by atoms with Gasteiger partial charge < -0.3 is 9.46 Å². The van der Waals surface area contributed by atoms with Crippen molar-refractivity contribution in [1.82, 2.24) is 19.7 Å². The van der Waals surface area contributed by atoms with Crippen molar-refractivity contribution in [1.29, 1.82) is 0 Å². The molecule has 0 aliphatic carbocycles. The maximum absolute atomic E-state index is 14.8. The fourth-order valence-electron chi connectivity index (χ4n) is 3.28. The van der Waals surface area contributed by atoms with Crippen LogP contribution in [0.1, 0.15) is 0 Å². The summed E-state index contributed by atoms with van der Waals surface area (Å²) < 4.78 is 39.8. The minimum atomic E-state index is -0.518. The Bertz CT molecular complexity index is 1490. The van der Waals surface area contributed by atoms with E-state index in [1.165, 1.54) is 35.7 Å². The van der Waals surface area contributed by atoms with Gasteiger partial charge in [0.15, 0.2) is 5.75 Å². The van der Waals surface area contributed by atoms with E-state index in [2.05, 4.69) is 19.8 Å². The van der Waals surface area contributed by atoms with Crippen LogP contribution in [0.5, 0.6) is 11.5 Å². The quantitative estimate of drug-likeness (QED) is 0.222. The molecular weight excluding hydrogens is 512 g/mol. The number of benzene rings is 2. The molecule has 5 aromatic rings. The van der Waals surface area contributed by atoms with E-state index in [1.807, 2.05) is 5.38 Å². The van der Waals surface area contributed by atoms with Crippen LogP contribution >= 0.6 is 34.9 Å². The lowest BCUT2D eigenvalue weighted by Crippen LogP contribution is -1.96. The fraction of sp³-hybridized carbons (Fsp3) is 0.0417. The molecule has 3 aromatic heterocycles. The highest BCUT2D eigenvalue weighted by atomic mass is 35.5. The van der Waals surface area contributed by atoms with Gasteiger partial charge in [0.2, 0.25) is 0 Å². The van der Waals surface area contributed by atoms with Gasteiger partial charge in [0.1, 0.15) is 23.2 Å². The molecule has 0 spiro atoms. The lowest BCUT2D eigenvalue weighted by atomic mass is 10.0. The third-order valence-electron chi connectivity index (χ3n) is 4.94. The average Bonchev–Trinajstić information content (AvgIpc) is 3.53. The first kappa shape index (κ1) is 23.3. The highest BCUT2D eigenvalue weighted by molar-refractivity contribution is 8.00. The SMILES string of the molecule is Cn1cc(-c2cc(-c3ccccc3F)ncc2Oc2cc(F)c(SNc3cscn3)cc2Cl)cn1. The molecule has 0 bridgehead atoms. The topological polar surface area (TPSA) is 64.9 Å². The van der Waals surface area contributed by atoms with Gasteiger partial charge in [0, 0.05) is 41.4 Å². The van der Waals surface area contributed by atoms with Crippen LogP contribution in [0.4, 0.5) is 14.6 Å². The van der Waals surface area contributed by atoms with Crippen molar-refractivity contribution in [2.45, 2.75) is 4.90 Å². The number of anilines is 1. The maximum Gasteiger partial charge on any atom is 0.153 e. The molecular formula is C24H16ClF2N5OS2. The number of ether oxygens (including phenoxy) is 1. The van der Waals surface area contributed by atoms with Crippen molar-refractivity contribution < 1.29 is 13.5 Å². The minimum absolute atomic E-state index is 0.118. The van der Waals surface area contributed by atoms with Crippen LogP contribution in [-0.4, -0.2) is 19.7 Å². The second-order valence-corrected chi connectivity index (χ2v) is 9.32. The summed E-state index contributed by atoms with van der Waals surface area (Å²) in [5, 5.41) is 6.23. The van der Waals surface area contributed by atoms with Crippen molar-refractivity contribution in [2.75, 3.05) is 4.72 Å². The Kier molecular flexibility index (Phi) is 6.67. The number of aryl methyl sites for hydroxylation is 1. The second-order valence-electron chi connectivity index (χ2n) is 7.34. The summed E-state index contributed by atoms with van der Waals surface area (Å²) in [4.78, 5) is 8.77. The van der Waals surface area contributed by atoms with Crippen molar-refractivity contribution in [3.63, 3.8) is 0 Å². The second kappa shape index (κ2) is 10.0. The summed E-state index contributed by atoms with van der Waals surface area (Å²) in [7, 11) is 1.78. The number of nitrogens with zero attached hydrogens (tertiary/aromatic N) is 4. The summed E-state index contributed by atoms with van der Waals surface area (Å²) in [6.07, 6.45) is 4.91. The first-order valence-electron chi connectivity index (χ1n) is 10.2. The minimum Gasteiger partial charge on any atom is -0.453 e. The first-order valence-corrected chi connectivity index (χ1v) is 12.3. The lowest BCUT2D eigenvalue weighted by molar-refractivity contribution is 0.474. The van der Waals surface area contributed by atoms with Crippen LogP contribution in [0, 0.1) is 11.6 Å². The molecule has 0 saturated heterocycles. The van der Waals surface area contributed by atoms with E-state index < -0.39 is 11.6 Å². The van der Waals surface area contributed by atoms with Crippen molar-refractivity contribution >= 4 is 40.7 Å². The van der Waals surface area contributed by atoms with E-state index >= 15 is 0 Å². The van der Waals surface area contributed by atoms with Crippen molar-refractivity contribution in [3.05, 3.63) is 88.6 Å². The predicted molar refractivity (Wildman–Crippen MR) is 135 cm³/mol. The van der Waals surface area contributed by atoms with E-state index in [4.69, 9.17) is 16.3 Å². The van der Waals surface area contributed by atoms with Gasteiger partial charge >= 0.3 is 0 Å². The van der Waals surface area contributed by atoms with Crippen LogP contribution < -0.4 is 9.46 Å². The zero-order valence-corrected chi connectivity index (χ0v) is 20.5. The summed E-state index contributed by atoms with van der Waals surface area (Å²) in [5.41, 5.74) is 3.77. The number of rotatable bonds is 7. The Morgan fingerprint density at radius 3 is 2.63 bits per heavy atom. The molecule has 5 rings (SSSR count). The monoisotopic (exact) mass is 527 g/mol. The highest BCUT2D eigenvalue weighted by Crippen LogP contribution is 2.40. The number of aromatic nitrogens is 4. The van der Waals surface area contributed by atoms with Crippen molar-refractivity contribution in [2.24, 2.45) is 7.05 Å². The van der Waals surface area contributed by atoms with Crippen LogP contribution in [-0.2, 0) is 7.05 Å². The Balaban J connectivity index is 1.48. The van der Waals surface area contributed by atoms with E-state index in [0.717, 1.165) is 17.5 Å². The van der Waals surface area contributed by atoms with E-state index in [1.54, 1.807) is 53.9 Å². The molecule has 176 valence electrons. The molecule has 0 atom stereocenters. The largest absolute Gasteiger partial charge is 0.453 e. The first-order chi connectivity index (χ1) is 17.0. The fourth-order valence-corrected chi connectivity index (χ4v) is 4.77. The predicted octanol–water partition coefficient (Wildman–Crippen LogP) is 7.45. The van der Waals surface area contributed by atoms with E-state index in [0.29, 0.717) is 28.4 Å². The Morgan fingerprint density at radius 2 is 1.89 bits per heavy atom. The van der Waals surface area contributed by atoms with Gasteiger partial charge in [-0.05, 0) is 36.2 Å². The summed E-state index contributed by atoms with van der Waals surface area (Å²) in [6, 6.07) is 10.8. The summed E-state index contributed by atoms with van der Waals surface area (Å²) in [6.45, 7) is 0. The average molecular weight is 528 g/mol. The summed E-state index contributed by atoms with van der Waals surface area (Å²) >= 11 is 8.91. The number of hydrogen-bond acceptors (Lipinski definition) is 7. The molecule has 2 aromatic carbocycles. The van der Waals surface area contributed by atoms with Crippen LogP contribution in [0.15, 0.2) is 76.8 Å². The molecule has 11 heteroatoms. The third-order valence-corrected chi connectivity index (χ3v) is 6.66. The molecule has 0 radical (unpaired) electrons. The third kappa shape index (κ3) is 5.14. The smallest absolute Gasteiger partial charge is 0.153 e. The Morgan fingerprint density at radius 1 is 1.03 bits per heavy atom. The Hall–Kier alpha value is -3.47. The van der Waals surface area contributed by atoms with Crippen LogP contribution in [0.3, 0.4) is 0 Å². The molecule has 35 heavy (non-hydrogen) atoms. The summed E-state index contributed by atoms with van der Waals surface area (Å²) in [5.74, 6) is 0.150. The number of thiazole rings is 1. The number of pyridine rings is 1. The van der Waals surface area contributed by atoms with Gasteiger partial charge in [0.05, 0.1) is 33.5 Å². The molecule has 0 unspecified atom stereocenters. The zero-order valence-electron chi connectivity index (χ0n) is 18.1. The molecule has 0 saturated carbocycles. The molecule has 0 aliphatic rings. The number of nitrogens with one attached hydrogen (secondary N) is 1. The molecule has 3 heterocycles. The molecule has 6 nitrogen and oxygen atoms in total. The number of halogens is 3. The van der Waals surface area contributed by atoms with Crippen molar-refractivity contribution in [3.8, 4) is 33.9 Å². The van der Waals surface area contributed by atoms with E-state index in [9.17, 15) is 8.78 Å². The zero-order chi connectivity index (χ0) is 24.4. The van der Waals surface area contributed by atoms with Gasteiger partial charge in [-0.1, -0.05) is 23.7 Å². The van der Waals surface area contributed by atoms with Gasteiger partial charge in [0.25, 0.3) is 0 Å². The van der Waals surface area contributed by atoms with Gasteiger partial charge in [-0.3, -0.25) is 9.67 Å². The van der Waals surface area contributed by atoms with Gasteiger partial charge in [-0.15, -0.1) is 11.3 Å².